The lowest BCUT2D eigenvalue weighted by Gasteiger charge is -2.27. The summed E-state index contributed by atoms with van der Waals surface area (Å²) in [4.78, 5) is 12.3. The molecule has 1 aliphatic rings. The quantitative estimate of drug-likeness (QED) is 0.339. The third-order valence-corrected chi connectivity index (χ3v) is 6.27. The molecule has 2 N–H and O–H groups in total. The first-order valence-corrected chi connectivity index (χ1v) is 11.6. The zero-order valence-electron chi connectivity index (χ0n) is 19.7. The summed E-state index contributed by atoms with van der Waals surface area (Å²) in [7, 11) is 0. The van der Waals surface area contributed by atoms with Crippen molar-refractivity contribution >= 4 is 17.6 Å². The number of hydrogen-bond acceptors (Lipinski definition) is 6. The van der Waals surface area contributed by atoms with E-state index in [9.17, 15) is 10.1 Å². The number of benzene rings is 3. The van der Waals surface area contributed by atoms with Crippen LogP contribution in [0.1, 0.15) is 47.9 Å². The smallest absolute Gasteiger partial charge is 0.349 e. The molecule has 0 bridgehead atoms. The summed E-state index contributed by atoms with van der Waals surface area (Å²) in [5, 5.41) is 10.4. The molecule has 0 fully saturated rings. The first-order valence-electron chi connectivity index (χ1n) is 11.2. The highest BCUT2D eigenvalue weighted by atomic mass is 35.5. The van der Waals surface area contributed by atoms with Gasteiger partial charge in [0.15, 0.2) is 6.61 Å². The fourth-order valence-corrected chi connectivity index (χ4v) is 4.04. The molecular formula is C28H25ClN2O4. The van der Waals surface area contributed by atoms with Gasteiger partial charge in [-0.1, -0.05) is 55.8 Å². The zero-order chi connectivity index (χ0) is 25.1. The average Bonchev–Trinajstić information content (AvgIpc) is 2.84. The van der Waals surface area contributed by atoms with Crippen LogP contribution < -0.4 is 19.9 Å². The normalized spacial score (nSPS) is 14.7. The number of aryl methyl sites for hydroxylation is 1. The van der Waals surface area contributed by atoms with Gasteiger partial charge in [0.2, 0.25) is 5.88 Å². The maximum absolute atomic E-state index is 12.3. The molecule has 0 radical (unpaired) electrons. The molecule has 0 spiro atoms. The van der Waals surface area contributed by atoms with E-state index in [0.717, 1.165) is 16.7 Å². The maximum atomic E-state index is 12.3. The van der Waals surface area contributed by atoms with E-state index in [1.807, 2.05) is 19.1 Å². The minimum atomic E-state index is -0.574. The number of carbonyl (C=O) groups is 1. The Morgan fingerprint density at radius 3 is 2.49 bits per heavy atom. The van der Waals surface area contributed by atoms with Gasteiger partial charge in [0.05, 0.1) is 5.92 Å². The van der Waals surface area contributed by atoms with Gasteiger partial charge < -0.3 is 19.9 Å². The van der Waals surface area contributed by atoms with E-state index < -0.39 is 5.97 Å². The monoisotopic (exact) mass is 488 g/mol. The predicted molar refractivity (Wildman–Crippen MR) is 134 cm³/mol. The van der Waals surface area contributed by atoms with Crippen molar-refractivity contribution in [2.45, 2.75) is 32.6 Å². The van der Waals surface area contributed by atoms with E-state index in [-0.39, 0.29) is 24.2 Å². The van der Waals surface area contributed by atoms with Crippen LogP contribution in [-0.4, -0.2) is 12.6 Å². The van der Waals surface area contributed by atoms with E-state index in [1.165, 1.54) is 5.56 Å². The molecule has 0 aliphatic carbocycles. The van der Waals surface area contributed by atoms with Crippen molar-refractivity contribution in [2.75, 3.05) is 6.61 Å². The highest BCUT2D eigenvalue weighted by molar-refractivity contribution is 6.31. The van der Waals surface area contributed by atoms with Crippen molar-refractivity contribution in [1.29, 1.82) is 5.26 Å². The third kappa shape index (κ3) is 5.26. The highest BCUT2D eigenvalue weighted by Crippen LogP contribution is 2.43. The number of esters is 1. The second kappa shape index (κ2) is 10.1. The van der Waals surface area contributed by atoms with Crippen molar-refractivity contribution < 1.29 is 19.0 Å². The summed E-state index contributed by atoms with van der Waals surface area (Å²) in [6.07, 6.45) is 0. The minimum absolute atomic E-state index is 0.0304. The molecule has 4 rings (SSSR count). The lowest BCUT2D eigenvalue weighted by atomic mass is 9.83. The van der Waals surface area contributed by atoms with Gasteiger partial charge in [0, 0.05) is 16.7 Å². The maximum Gasteiger partial charge on any atom is 0.349 e. The standard InChI is InChI=1S/C28H25ClN2O4/c1-16(2)18-4-6-19(7-5-18)27-22-10-8-21(13-25(22)35-28(31)23(27)14-30)34-26(32)15-33-20-9-11-24(29)17(3)12-20/h4-13,16,27H,15,31H2,1-3H3. The van der Waals surface area contributed by atoms with Crippen molar-refractivity contribution in [1.82, 2.24) is 0 Å². The van der Waals surface area contributed by atoms with Crippen LogP contribution >= 0.6 is 11.6 Å². The summed E-state index contributed by atoms with van der Waals surface area (Å²) >= 11 is 6.02. The SMILES string of the molecule is Cc1cc(OCC(=O)Oc2ccc3c(c2)OC(N)=C(C#N)C3c2ccc(C(C)C)cc2)ccc1Cl. The molecule has 3 aromatic carbocycles. The average molecular weight is 489 g/mol. The molecule has 0 amide bonds. The van der Waals surface area contributed by atoms with Crippen LogP contribution in [0.3, 0.4) is 0 Å². The van der Waals surface area contributed by atoms with E-state index in [4.69, 9.17) is 31.5 Å². The molecule has 0 saturated carbocycles. The fraction of sp³-hybridized carbons (Fsp3) is 0.214. The van der Waals surface area contributed by atoms with Crippen molar-refractivity contribution in [2.24, 2.45) is 5.73 Å². The number of halogens is 1. The molecule has 1 unspecified atom stereocenters. The summed E-state index contributed by atoms with van der Waals surface area (Å²) < 4.78 is 16.7. The Morgan fingerprint density at radius 2 is 1.83 bits per heavy atom. The molecule has 1 atom stereocenters. The second-order valence-electron chi connectivity index (χ2n) is 8.62. The lowest BCUT2D eigenvalue weighted by molar-refractivity contribution is -0.136. The van der Waals surface area contributed by atoms with Gasteiger partial charge >= 0.3 is 5.97 Å². The third-order valence-electron chi connectivity index (χ3n) is 5.84. The number of nitrogens with two attached hydrogens (primary N) is 1. The first-order chi connectivity index (χ1) is 16.8. The number of nitriles is 1. The topological polar surface area (TPSA) is 94.6 Å². The molecule has 178 valence electrons. The number of allylic oxidation sites excluding steroid dienone is 1. The molecule has 3 aromatic rings. The molecule has 35 heavy (non-hydrogen) atoms. The highest BCUT2D eigenvalue weighted by Gasteiger charge is 2.31. The van der Waals surface area contributed by atoms with Crippen LogP contribution in [-0.2, 0) is 4.79 Å². The van der Waals surface area contributed by atoms with E-state index in [1.54, 1.807) is 36.4 Å². The van der Waals surface area contributed by atoms with Crippen LogP contribution in [0.25, 0.3) is 0 Å². The Labute approximate surface area is 209 Å². The van der Waals surface area contributed by atoms with Crippen LogP contribution in [0.2, 0.25) is 5.02 Å². The Kier molecular flexibility index (Phi) is 6.99. The Hall–Kier alpha value is -3.95. The van der Waals surface area contributed by atoms with E-state index in [2.05, 4.69) is 32.0 Å². The first kappa shape index (κ1) is 24.2. The van der Waals surface area contributed by atoms with E-state index >= 15 is 0 Å². The Bertz CT molecular complexity index is 1340. The van der Waals surface area contributed by atoms with Gasteiger partial charge in [-0.05, 0) is 53.8 Å². The molecule has 7 heteroatoms. The number of rotatable bonds is 6. The summed E-state index contributed by atoms with van der Waals surface area (Å²) in [6.45, 7) is 5.83. The Balaban J connectivity index is 1.53. The van der Waals surface area contributed by atoms with Gasteiger partial charge in [-0.2, -0.15) is 5.26 Å². The summed E-state index contributed by atoms with van der Waals surface area (Å²) in [6, 6.07) is 20.5. The Morgan fingerprint density at radius 1 is 1.11 bits per heavy atom. The predicted octanol–water partition coefficient (Wildman–Crippen LogP) is 5.97. The molecule has 1 heterocycles. The van der Waals surface area contributed by atoms with E-state index in [0.29, 0.717) is 28.0 Å². The van der Waals surface area contributed by atoms with Crippen LogP contribution in [0.15, 0.2) is 72.1 Å². The molecule has 6 nitrogen and oxygen atoms in total. The summed E-state index contributed by atoms with van der Waals surface area (Å²) in [5.74, 6) is 0.702. The van der Waals surface area contributed by atoms with Gasteiger partial charge in [-0.25, -0.2) is 4.79 Å². The lowest BCUT2D eigenvalue weighted by Crippen LogP contribution is -2.21. The molecule has 0 saturated heterocycles. The second-order valence-corrected chi connectivity index (χ2v) is 9.03. The summed E-state index contributed by atoms with van der Waals surface area (Å²) in [5.41, 5.74) is 10.2. The van der Waals surface area contributed by atoms with Crippen molar-refractivity contribution in [3.8, 4) is 23.3 Å². The number of carbonyl (C=O) groups excluding carboxylic acids is 1. The fourth-order valence-electron chi connectivity index (χ4n) is 3.93. The zero-order valence-corrected chi connectivity index (χ0v) is 20.4. The van der Waals surface area contributed by atoms with Gasteiger partial charge in [0.1, 0.15) is 28.9 Å². The molecular weight excluding hydrogens is 464 g/mol. The molecule has 1 aliphatic heterocycles. The minimum Gasteiger partial charge on any atom is -0.482 e. The number of ether oxygens (including phenoxy) is 3. The largest absolute Gasteiger partial charge is 0.482 e. The van der Waals surface area contributed by atoms with Crippen LogP contribution in [0.5, 0.6) is 17.2 Å². The van der Waals surface area contributed by atoms with Crippen molar-refractivity contribution in [3.05, 3.63) is 99.4 Å². The van der Waals surface area contributed by atoms with Gasteiger partial charge in [0.25, 0.3) is 0 Å². The number of nitrogens with zero attached hydrogens (tertiary/aromatic N) is 1. The van der Waals surface area contributed by atoms with Gasteiger partial charge in [-0.3, -0.25) is 0 Å². The van der Waals surface area contributed by atoms with Crippen LogP contribution in [0, 0.1) is 18.3 Å². The molecule has 0 aromatic heterocycles. The van der Waals surface area contributed by atoms with Crippen LogP contribution in [0.4, 0.5) is 0 Å². The number of hydrogen-bond donors (Lipinski definition) is 1. The number of fused-ring (bicyclic) bond motifs is 1. The van der Waals surface area contributed by atoms with Crippen molar-refractivity contribution in [3.63, 3.8) is 0 Å². The van der Waals surface area contributed by atoms with Gasteiger partial charge in [-0.15, -0.1) is 0 Å².